The Balaban J connectivity index is 1.42. The van der Waals surface area contributed by atoms with Gasteiger partial charge < -0.3 is 20.3 Å². The van der Waals surface area contributed by atoms with Crippen molar-refractivity contribution in [3.8, 4) is 0 Å². The molecule has 1 atom stereocenters. The van der Waals surface area contributed by atoms with E-state index in [4.69, 9.17) is 16.3 Å². The molecule has 7 nitrogen and oxygen atoms in total. The van der Waals surface area contributed by atoms with Crippen molar-refractivity contribution in [2.24, 2.45) is 0 Å². The van der Waals surface area contributed by atoms with Gasteiger partial charge in [0.05, 0.1) is 19.3 Å². The summed E-state index contributed by atoms with van der Waals surface area (Å²) in [4.78, 5) is 29.5. The number of ether oxygens (including phenoxy) is 1. The van der Waals surface area contributed by atoms with Gasteiger partial charge in [0.15, 0.2) is 0 Å². The third kappa shape index (κ3) is 5.85. The van der Waals surface area contributed by atoms with Gasteiger partial charge in [-0.3, -0.25) is 14.5 Å². The van der Waals surface area contributed by atoms with E-state index in [-0.39, 0.29) is 12.6 Å². The lowest BCUT2D eigenvalue weighted by atomic mass is 9.95. The highest BCUT2D eigenvalue weighted by Gasteiger charge is 2.26. The summed E-state index contributed by atoms with van der Waals surface area (Å²) in [5.74, 6) is -1.30. The normalized spacial score (nSPS) is 17.2. The summed E-state index contributed by atoms with van der Waals surface area (Å²) in [6.07, 6.45) is 2.19. The summed E-state index contributed by atoms with van der Waals surface area (Å²) >= 11 is 6.13. The average Bonchev–Trinajstić information content (AvgIpc) is 2.84. The molecule has 33 heavy (non-hydrogen) atoms. The fraction of sp³-hybridized carbons (Fsp3) is 0.440. The van der Waals surface area contributed by atoms with Crippen molar-refractivity contribution in [1.29, 1.82) is 0 Å². The summed E-state index contributed by atoms with van der Waals surface area (Å²) in [6.45, 7) is 4.53. The summed E-state index contributed by atoms with van der Waals surface area (Å²) in [7, 11) is 2.12. The summed E-state index contributed by atoms with van der Waals surface area (Å²) in [6, 6.07) is 13.8. The highest BCUT2D eigenvalue weighted by molar-refractivity contribution is 6.35. The van der Waals surface area contributed by atoms with Crippen LogP contribution < -0.4 is 15.5 Å². The molecule has 0 aliphatic carbocycles. The Hall–Kier alpha value is -2.61. The number of rotatable bonds is 6. The third-order valence-corrected chi connectivity index (χ3v) is 6.75. The van der Waals surface area contributed by atoms with Gasteiger partial charge in [0.2, 0.25) is 0 Å². The number of benzene rings is 2. The number of hydrogen-bond donors (Lipinski definition) is 2. The smallest absolute Gasteiger partial charge is 0.309 e. The first-order chi connectivity index (χ1) is 16.0. The van der Waals surface area contributed by atoms with Crippen LogP contribution in [0.1, 0.15) is 29.2 Å². The largest absolute Gasteiger partial charge is 0.379 e. The molecule has 1 saturated heterocycles. The van der Waals surface area contributed by atoms with Crippen molar-refractivity contribution < 1.29 is 14.3 Å². The van der Waals surface area contributed by atoms with Crippen LogP contribution >= 0.6 is 11.6 Å². The molecule has 0 aromatic heterocycles. The lowest BCUT2D eigenvalue weighted by Gasteiger charge is -2.36. The fourth-order valence-corrected chi connectivity index (χ4v) is 4.73. The molecule has 2 heterocycles. The molecule has 0 unspecified atom stereocenters. The number of anilines is 1. The lowest BCUT2D eigenvalue weighted by Crippen LogP contribution is -2.46. The Morgan fingerprint density at radius 1 is 1.06 bits per heavy atom. The molecule has 2 amide bonds. The lowest BCUT2D eigenvalue weighted by molar-refractivity contribution is -0.139. The van der Waals surface area contributed by atoms with E-state index in [2.05, 4.69) is 45.7 Å². The Kier molecular flexibility index (Phi) is 7.85. The number of halogens is 1. The Labute approximate surface area is 200 Å². The SMILES string of the molecule is CN1CCCc2cc([C@@H](CNC(=O)C(=O)NCc3ccccc3Cl)N3CCOCC3)ccc21. The minimum Gasteiger partial charge on any atom is -0.379 e. The van der Waals surface area contributed by atoms with E-state index >= 15 is 0 Å². The van der Waals surface area contributed by atoms with Gasteiger partial charge in [-0.25, -0.2) is 0 Å². The van der Waals surface area contributed by atoms with E-state index in [0.717, 1.165) is 43.6 Å². The van der Waals surface area contributed by atoms with Crippen LogP contribution in [-0.2, 0) is 27.3 Å². The first-order valence-corrected chi connectivity index (χ1v) is 11.9. The van der Waals surface area contributed by atoms with Crippen molar-refractivity contribution in [3.63, 3.8) is 0 Å². The van der Waals surface area contributed by atoms with E-state index in [1.807, 2.05) is 18.2 Å². The van der Waals surface area contributed by atoms with Gasteiger partial charge >= 0.3 is 11.8 Å². The molecule has 2 aliphatic rings. The fourth-order valence-electron chi connectivity index (χ4n) is 4.53. The monoisotopic (exact) mass is 470 g/mol. The Bertz CT molecular complexity index is 993. The number of hydrogen-bond acceptors (Lipinski definition) is 5. The molecule has 8 heteroatoms. The van der Waals surface area contributed by atoms with E-state index in [0.29, 0.717) is 24.8 Å². The van der Waals surface area contributed by atoms with Crippen molar-refractivity contribution in [3.05, 3.63) is 64.2 Å². The molecule has 1 fully saturated rings. The summed E-state index contributed by atoms with van der Waals surface area (Å²) < 4.78 is 5.53. The highest BCUT2D eigenvalue weighted by atomic mass is 35.5. The van der Waals surface area contributed by atoms with Gasteiger partial charge in [-0.05, 0) is 41.7 Å². The molecule has 4 rings (SSSR count). The molecule has 2 aromatic rings. The maximum absolute atomic E-state index is 12.5. The second kappa shape index (κ2) is 11.0. The van der Waals surface area contributed by atoms with Gasteiger partial charge in [0.1, 0.15) is 0 Å². The van der Waals surface area contributed by atoms with Gasteiger partial charge in [-0.1, -0.05) is 41.9 Å². The van der Waals surface area contributed by atoms with Gasteiger partial charge in [0.25, 0.3) is 0 Å². The average molecular weight is 471 g/mol. The molecular formula is C25H31ClN4O3. The van der Waals surface area contributed by atoms with Crippen LogP contribution in [0.5, 0.6) is 0 Å². The molecule has 176 valence electrons. The minimum atomic E-state index is -0.664. The second-order valence-corrected chi connectivity index (χ2v) is 8.97. The molecule has 0 saturated carbocycles. The topological polar surface area (TPSA) is 73.9 Å². The van der Waals surface area contributed by atoms with Crippen LogP contribution in [0.3, 0.4) is 0 Å². The van der Waals surface area contributed by atoms with Crippen molar-refractivity contribution >= 4 is 29.1 Å². The minimum absolute atomic E-state index is 0.0215. The van der Waals surface area contributed by atoms with E-state index in [9.17, 15) is 9.59 Å². The number of fused-ring (bicyclic) bond motifs is 1. The molecule has 0 radical (unpaired) electrons. The maximum atomic E-state index is 12.5. The first-order valence-electron chi connectivity index (χ1n) is 11.5. The van der Waals surface area contributed by atoms with Crippen LogP contribution in [0.15, 0.2) is 42.5 Å². The van der Waals surface area contributed by atoms with Crippen LogP contribution in [0, 0.1) is 0 Å². The number of carbonyl (C=O) groups excluding carboxylic acids is 2. The maximum Gasteiger partial charge on any atom is 0.309 e. The zero-order chi connectivity index (χ0) is 23.2. The van der Waals surface area contributed by atoms with Crippen LogP contribution in [0.4, 0.5) is 5.69 Å². The molecule has 0 spiro atoms. The van der Waals surface area contributed by atoms with E-state index in [1.54, 1.807) is 6.07 Å². The molecule has 0 bridgehead atoms. The standard InChI is InChI=1S/C25H31ClN4O3/c1-29-10-4-6-18-15-19(8-9-22(18)29)23(30-11-13-33-14-12-30)17-28-25(32)24(31)27-16-20-5-2-3-7-21(20)26/h2-3,5,7-9,15,23H,4,6,10-14,16-17H2,1H3,(H,27,31)(H,28,32)/t23-/m1/s1. The Morgan fingerprint density at radius 2 is 1.82 bits per heavy atom. The quantitative estimate of drug-likeness (QED) is 0.635. The number of nitrogens with one attached hydrogen (secondary N) is 2. The van der Waals surface area contributed by atoms with Gasteiger partial charge in [-0.2, -0.15) is 0 Å². The predicted octanol–water partition coefficient (Wildman–Crippen LogP) is 2.53. The van der Waals surface area contributed by atoms with Gasteiger partial charge in [-0.15, -0.1) is 0 Å². The number of aryl methyl sites for hydroxylation is 1. The zero-order valence-corrected chi connectivity index (χ0v) is 19.7. The van der Waals surface area contributed by atoms with E-state index < -0.39 is 11.8 Å². The number of carbonyl (C=O) groups is 2. The molecule has 2 aliphatic heterocycles. The predicted molar refractivity (Wildman–Crippen MR) is 129 cm³/mol. The van der Waals surface area contributed by atoms with Crippen molar-refractivity contribution in [2.75, 3.05) is 51.3 Å². The molecule has 2 N–H and O–H groups in total. The van der Waals surface area contributed by atoms with Crippen LogP contribution in [0.25, 0.3) is 0 Å². The summed E-state index contributed by atoms with van der Waals surface area (Å²) in [5, 5.41) is 6.05. The van der Waals surface area contributed by atoms with Crippen molar-refractivity contribution in [1.82, 2.24) is 15.5 Å². The first kappa shape index (κ1) is 23.5. The Morgan fingerprint density at radius 3 is 2.61 bits per heavy atom. The second-order valence-electron chi connectivity index (χ2n) is 8.56. The highest BCUT2D eigenvalue weighted by Crippen LogP contribution is 2.31. The van der Waals surface area contributed by atoms with Crippen LogP contribution in [0.2, 0.25) is 5.02 Å². The number of amides is 2. The van der Waals surface area contributed by atoms with Crippen LogP contribution in [-0.4, -0.2) is 63.2 Å². The van der Waals surface area contributed by atoms with E-state index in [1.165, 1.54) is 11.3 Å². The number of nitrogens with zero attached hydrogens (tertiary/aromatic N) is 2. The zero-order valence-electron chi connectivity index (χ0n) is 19.0. The molecular weight excluding hydrogens is 440 g/mol. The van der Waals surface area contributed by atoms with Crippen molar-refractivity contribution in [2.45, 2.75) is 25.4 Å². The van der Waals surface area contributed by atoms with Gasteiger partial charge in [0, 0.05) is 50.5 Å². The third-order valence-electron chi connectivity index (χ3n) is 6.39. The molecule has 2 aromatic carbocycles. The summed E-state index contributed by atoms with van der Waals surface area (Å²) in [5.41, 5.74) is 4.53. The number of morpholine rings is 1.